The molecule has 0 fully saturated rings. The van der Waals surface area contributed by atoms with Crippen molar-refractivity contribution in [2.45, 2.75) is 6.92 Å². The summed E-state index contributed by atoms with van der Waals surface area (Å²) in [6.07, 6.45) is 1.13. The second-order valence-electron chi connectivity index (χ2n) is 2.31. The first kappa shape index (κ1) is 9.66. The van der Waals surface area contributed by atoms with Crippen LogP contribution in [-0.4, -0.2) is 33.5 Å². The fraction of sp³-hybridized carbons (Fsp3) is 0.500. The molecule has 1 radical (unpaired) electrons. The van der Waals surface area contributed by atoms with Gasteiger partial charge in [-0.2, -0.15) is 0 Å². The molecule has 0 atom stereocenters. The Hall–Kier alpha value is -0.343. The summed E-state index contributed by atoms with van der Waals surface area (Å²) in [5.74, 6) is 0. The van der Waals surface area contributed by atoms with Crippen molar-refractivity contribution in [2.24, 2.45) is 0 Å². The molecule has 0 amide bonds. The Kier molecular flexibility index (Phi) is 5.26. The largest absolute Gasteiger partial charge is 0.309 e. The van der Waals surface area contributed by atoms with Crippen molar-refractivity contribution >= 4 is 8.80 Å². The van der Waals surface area contributed by atoms with Crippen LogP contribution in [-0.2, 0) is 0 Å². The van der Waals surface area contributed by atoms with Crippen molar-refractivity contribution in [3.05, 3.63) is 24.6 Å². The molecule has 0 spiro atoms. The van der Waals surface area contributed by atoms with Crippen LogP contribution >= 0.6 is 0 Å². The molecule has 0 heterocycles. The SMILES string of the molecule is C=C[Si](C=C)CN(C)CC. The topological polar surface area (TPSA) is 3.24 Å². The van der Waals surface area contributed by atoms with Crippen LogP contribution in [0.4, 0.5) is 0 Å². The minimum absolute atomic E-state index is 0.481. The Morgan fingerprint density at radius 1 is 1.40 bits per heavy atom. The summed E-state index contributed by atoms with van der Waals surface area (Å²) in [7, 11) is 1.64. The van der Waals surface area contributed by atoms with Gasteiger partial charge in [-0.15, -0.1) is 13.2 Å². The maximum Gasteiger partial charge on any atom is 0.117 e. The molecule has 0 aliphatic heterocycles. The van der Waals surface area contributed by atoms with Gasteiger partial charge in [0, 0.05) is 0 Å². The average molecular weight is 154 g/mol. The minimum Gasteiger partial charge on any atom is -0.309 e. The van der Waals surface area contributed by atoms with Gasteiger partial charge < -0.3 is 4.90 Å². The van der Waals surface area contributed by atoms with Crippen molar-refractivity contribution in [3.8, 4) is 0 Å². The molecule has 0 aromatic rings. The zero-order valence-corrected chi connectivity index (χ0v) is 7.93. The van der Waals surface area contributed by atoms with Gasteiger partial charge in [-0.05, 0) is 19.8 Å². The summed E-state index contributed by atoms with van der Waals surface area (Å²) in [6.45, 7) is 10.8. The Morgan fingerprint density at radius 3 is 2.20 bits per heavy atom. The molecule has 57 valence electrons. The summed E-state index contributed by atoms with van der Waals surface area (Å²) in [5.41, 5.74) is 4.06. The van der Waals surface area contributed by atoms with E-state index in [2.05, 4.69) is 32.0 Å². The number of hydrogen-bond acceptors (Lipinski definition) is 1. The van der Waals surface area contributed by atoms with E-state index in [0.29, 0.717) is 0 Å². The normalized spacial score (nSPS) is 10.4. The van der Waals surface area contributed by atoms with Crippen molar-refractivity contribution < 1.29 is 0 Å². The standard InChI is InChI=1S/C8H16NSi/c1-5-9(4)8-10(6-2)7-3/h6-7H,2-3,5,8H2,1,4H3. The van der Waals surface area contributed by atoms with Crippen LogP contribution in [0.3, 0.4) is 0 Å². The lowest BCUT2D eigenvalue weighted by Crippen LogP contribution is -2.29. The molecule has 0 aliphatic carbocycles. The van der Waals surface area contributed by atoms with E-state index in [9.17, 15) is 0 Å². The highest BCUT2D eigenvalue weighted by Gasteiger charge is 2.03. The van der Waals surface area contributed by atoms with Crippen LogP contribution in [0.15, 0.2) is 24.6 Å². The van der Waals surface area contributed by atoms with E-state index in [4.69, 9.17) is 0 Å². The third-order valence-corrected chi connectivity index (χ3v) is 3.47. The average Bonchev–Trinajstić information content (AvgIpc) is 1.99. The third-order valence-electron chi connectivity index (χ3n) is 1.52. The molecule has 0 aromatic carbocycles. The van der Waals surface area contributed by atoms with E-state index in [1.807, 2.05) is 11.4 Å². The van der Waals surface area contributed by atoms with Crippen LogP contribution in [0.1, 0.15) is 6.92 Å². The van der Waals surface area contributed by atoms with Crippen LogP contribution in [0.5, 0.6) is 0 Å². The lowest BCUT2D eigenvalue weighted by Gasteiger charge is -2.15. The first-order valence-corrected chi connectivity index (χ1v) is 5.40. The van der Waals surface area contributed by atoms with Gasteiger partial charge in [-0.3, -0.25) is 0 Å². The molecule has 0 saturated heterocycles. The minimum atomic E-state index is -0.481. The van der Waals surface area contributed by atoms with Crippen molar-refractivity contribution in [3.63, 3.8) is 0 Å². The number of rotatable bonds is 5. The monoisotopic (exact) mass is 154 g/mol. The molecule has 0 aromatic heterocycles. The Balaban J connectivity index is 3.61. The van der Waals surface area contributed by atoms with Gasteiger partial charge in [0.25, 0.3) is 0 Å². The molecule has 1 nitrogen and oxygen atoms in total. The van der Waals surface area contributed by atoms with E-state index >= 15 is 0 Å². The second kappa shape index (κ2) is 5.44. The number of nitrogens with zero attached hydrogens (tertiary/aromatic N) is 1. The van der Waals surface area contributed by atoms with Gasteiger partial charge >= 0.3 is 0 Å². The maximum absolute atomic E-state index is 3.77. The van der Waals surface area contributed by atoms with Crippen molar-refractivity contribution in [1.29, 1.82) is 0 Å². The first-order chi connectivity index (χ1) is 4.74. The van der Waals surface area contributed by atoms with Crippen molar-refractivity contribution in [1.82, 2.24) is 4.90 Å². The van der Waals surface area contributed by atoms with Crippen LogP contribution < -0.4 is 0 Å². The Bertz CT molecular complexity index is 104. The van der Waals surface area contributed by atoms with Crippen LogP contribution in [0.2, 0.25) is 0 Å². The Labute approximate surface area is 65.7 Å². The van der Waals surface area contributed by atoms with Gasteiger partial charge in [0.2, 0.25) is 0 Å². The van der Waals surface area contributed by atoms with Crippen LogP contribution in [0, 0.1) is 0 Å². The summed E-state index contributed by atoms with van der Waals surface area (Å²) in [5, 5.41) is 0. The van der Waals surface area contributed by atoms with Gasteiger partial charge in [-0.1, -0.05) is 18.3 Å². The fourth-order valence-corrected chi connectivity index (χ4v) is 1.91. The fourth-order valence-electron chi connectivity index (χ4n) is 0.636. The van der Waals surface area contributed by atoms with E-state index in [0.717, 1.165) is 12.7 Å². The third kappa shape index (κ3) is 3.64. The predicted molar refractivity (Wildman–Crippen MR) is 49.3 cm³/mol. The molecule has 0 bridgehead atoms. The first-order valence-electron chi connectivity index (χ1n) is 3.53. The van der Waals surface area contributed by atoms with E-state index in [-0.39, 0.29) is 0 Å². The molecule has 0 N–H and O–H groups in total. The van der Waals surface area contributed by atoms with E-state index < -0.39 is 8.80 Å². The zero-order valence-electron chi connectivity index (χ0n) is 6.93. The predicted octanol–water partition coefficient (Wildman–Crippen LogP) is 1.42. The molecule has 10 heavy (non-hydrogen) atoms. The van der Waals surface area contributed by atoms with E-state index in [1.54, 1.807) is 0 Å². The Morgan fingerprint density at radius 2 is 1.90 bits per heavy atom. The highest BCUT2D eigenvalue weighted by molar-refractivity contribution is 6.69. The molecule has 2 heteroatoms. The van der Waals surface area contributed by atoms with Gasteiger partial charge in [0.15, 0.2) is 0 Å². The van der Waals surface area contributed by atoms with Gasteiger partial charge in [0.05, 0.1) is 0 Å². The highest BCUT2D eigenvalue weighted by Crippen LogP contribution is 1.89. The van der Waals surface area contributed by atoms with E-state index in [1.165, 1.54) is 0 Å². The van der Waals surface area contributed by atoms with Gasteiger partial charge in [0.1, 0.15) is 8.80 Å². The summed E-state index contributed by atoms with van der Waals surface area (Å²) < 4.78 is 0. The molecule has 0 unspecified atom stereocenters. The molecule has 0 aliphatic rings. The maximum atomic E-state index is 3.77. The van der Waals surface area contributed by atoms with Crippen LogP contribution in [0.25, 0.3) is 0 Å². The lowest BCUT2D eigenvalue weighted by atomic mass is 10.7. The van der Waals surface area contributed by atoms with Crippen molar-refractivity contribution in [2.75, 3.05) is 19.8 Å². The quantitative estimate of drug-likeness (QED) is 0.541. The molecular formula is C8H16NSi. The molecule has 0 rings (SSSR count). The smallest absolute Gasteiger partial charge is 0.117 e. The molecule has 0 saturated carbocycles. The van der Waals surface area contributed by atoms with Gasteiger partial charge in [-0.25, -0.2) is 0 Å². The summed E-state index contributed by atoms with van der Waals surface area (Å²) in [4.78, 5) is 2.29. The summed E-state index contributed by atoms with van der Waals surface area (Å²) >= 11 is 0. The summed E-state index contributed by atoms with van der Waals surface area (Å²) in [6, 6.07) is 0. The number of hydrogen-bond donors (Lipinski definition) is 0. The second-order valence-corrected chi connectivity index (χ2v) is 4.60. The molecular weight excluding hydrogens is 138 g/mol. The highest BCUT2D eigenvalue weighted by atomic mass is 28.3. The zero-order chi connectivity index (χ0) is 7.98. The lowest BCUT2D eigenvalue weighted by molar-refractivity contribution is 0.409.